The Hall–Kier alpha value is -1.39. The van der Waals surface area contributed by atoms with E-state index in [2.05, 4.69) is 43.5 Å². The van der Waals surface area contributed by atoms with Crippen LogP contribution in [0, 0.1) is 0 Å². The number of aliphatic hydroxyl groups excluding tert-OH is 2. The molecule has 0 rings (SSSR count). The van der Waals surface area contributed by atoms with Crippen LogP contribution in [-0.4, -0.2) is 34.9 Å². The number of nitrogens with one attached hydrogen (secondary N) is 1. The van der Waals surface area contributed by atoms with Crippen molar-refractivity contribution in [1.82, 2.24) is 5.32 Å². The summed E-state index contributed by atoms with van der Waals surface area (Å²) < 4.78 is 0. The van der Waals surface area contributed by atoms with Gasteiger partial charge >= 0.3 is 0 Å². The van der Waals surface area contributed by atoms with Gasteiger partial charge in [0, 0.05) is 6.42 Å². The SMILES string of the molecule is CCCCCCCCCCCCCCCCCCCCCCCCC/C=C/CC/C=C/CC/C=C/C(O)C(CO)NC(=O)CCCCCCCCCCCCCCCCCCCCCCCCCCCCCCCC. The highest BCUT2D eigenvalue weighted by molar-refractivity contribution is 5.76. The summed E-state index contributed by atoms with van der Waals surface area (Å²) >= 11 is 0. The lowest BCUT2D eigenvalue weighted by Gasteiger charge is -2.19. The van der Waals surface area contributed by atoms with Gasteiger partial charge in [0.1, 0.15) is 0 Å². The van der Waals surface area contributed by atoms with E-state index < -0.39 is 12.1 Å². The standard InChI is InChI=1S/C71H137NO3/c1-3-5-7-9-11-13-15-17-19-21-23-25-27-29-31-33-35-36-37-38-40-42-44-46-48-50-52-54-56-58-60-62-64-66-70(74)69(68-73)72-71(75)67-65-63-61-59-57-55-53-51-49-47-45-43-41-39-34-32-30-28-26-24-22-20-18-16-14-12-10-8-6-4-2/h48,50,56,58,64,66,69-70,73-74H,3-47,49,51-55,57,59-63,65,67-68H2,1-2H3,(H,72,75)/b50-48+,58-56+,66-64+. The van der Waals surface area contributed by atoms with E-state index in [1.54, 1.807) is 6.08 Å². The third-order valence-electron chi connectivity index (χ3n) is 16.4. The minimum absolute atomic E-state index is 0.0696. The predicted octanol–water partition coefficient (Wildman–Crippen LogP) is 23.5. The molecule has 444 valence electrons. The van der Waals surface area contributed by atoms with Crippen LogP contribution in [0.4, 0.5) is 0 Å². The van der Waals surface area contributed by atoms with Crippen LogP contribution in [0.15, 0.2) is 36.5 Å². The van der Waals surface area contributed by atoms with E-state index in [1.807, 2.05) is 6.08 Å². The molecule has 0 radical (unpaired) electrons. The molecule has 75 heavy (non-hydrogen) atoms. The van der Waals surface area contributed by atoms with Gasteiger partial charge < -0.3 is 15.5 Å². The zero-order valence-electron chi connectivity index (χ0n) is 51.3. The molecule has 0 aromatic carbocycles. The van der Waals surface area contributed by atoms with Gasteiger partial charge in [0.2, 0.25) is 5.91 Å². The quantitative estimate of drug-likeness (QED) is 0.0420. The van der Waals surface area contributed by atoms with Crippen molar-refractivity contribution < 1.29 is 15.0 Å². The third-order valence-corrected chi connectivity index (χ3v) is 16.4. The van der Waals surface area contributed by atoms with Crippen molar-refractivity contribution in [2.24, 2.45) is 0 Å². The van der Waals surface area contributed by atoms with Crippen molar-refractivity contribution in [2.75, 3.05) is 6.61 Å². The van der Waals surface area contributed by atoms with E-state index in [9.17, 15) is 15.0 Å². The van der Waals surface area contributed by atoms with Crippen molar-refractivity contribution in [3.63, 3.8) is 0 Å². The molecule has 0 aromatic rings. The Morgan fingerprint density at radius 2 is 0.520 bits per heavy atom. The zero-order chi connectivity index (χ0) is 54.1. The molecule has 0 spiro atoms. The fourth-order valence-electron chi connectivity index (χ4n) is 11.1. The van der Waals surface area contributed by atoms with Gasteiger partial charge in [-0.2, -0.15) is 0 Å². The molecule has 0 saturated carbocycles. The van der Waals surface area contributed by atoms with Gasteiger partial charge in [-0.15, -0.1) is 0 Å². The first-order valence-electron chi connectivity index (χ1n) is 34.7. The number of amides is 1. The minimum Gasteiger partial charge on any atom is -0.394 e. The number of aliphatic hydroxyl groups is 2. The Bertz CT molecular complexity index is 1150. The fourth-order valence-corrected chi connectivity index (χ4v) is 11.1. The lowest BCUT2D eigenvalue weighted by Crippen LogP contribution is -2.45. The number of carbonyl (C=O) groups excluding carboxylic acids is 1. The molecule has 4 heteroatoms. The zero-order valence-corrected chi connectivity index (χ0v) is 51.3. The number of allylic oxidation sites excluding steroid dienone is 5. The average molecular weight is 1050 g/mol. The van der Waals surface area contributed by atoms with E-state index in [0.717, 1.165) is 38.5 Å². The molecule has 0 aliphatic rings. The largest absolute Gasteiger partial charge is 0.394 e. The molecular formula is C71H137NO3. The Morgan fingerprint density at radius 1 is 0.307 bits per heavy atom. The molecule has 0 saturated heterocycles. The summed E-state index contributed by atoms with van der Waals surface area (Å²) in [6.07, 6.45) is 92.4. The van der Waals surface area contributed by atoms with Crippen molar-refractivity contribution in [2.45, 2.75) is 405 Å². The maximum absolute atomic E-state index is 12.5. The molecule has 0 aliphatic carbocycles. The maximum atomic E-state index is 12.5. The summed E-state index contributed by atoms with van der Waals surface area (Å²) in [5.41, 5.74) is 0. The van der Waals surface area contributed by atoms with Gasteiger partial charge in [0.05, 0.1) is 18.8 Å². The highest BCUT2D eigenvalue weighted by Gasteiger charge is 2.18. The van der Waals surface area contributed by atoms with Crippen LogP contribution in [0.25, 0.3) is 0 Å². The molecule has 0 aromatic heterocycles. The first kappa shape index (κ1) is 73.6. The third kappa shape index (κ3) is 63.3. The van der Waals surface area contributed by atoms with Crippen LogP contribution in [-0.2, 0) is 4.79 Å². The molecule has 1 amide bonds. The molecule has 0 aliphatic heterocycles. The van der Waals surface area contributed by atoms with Crippen LogP contribution < -0.4 is 5.32 Å². The second-order valence-electron chi connectivity index (χ2n) is 23.9. The van der Waals surface area contributed by atoms with E-state index in [1.165, 1.54) is 334 Å². The Kier molecular flexibility index (Phi) is 65.6. The molecule has 2 unspecified atom stereocenters. The van der Waals surface area contributed by atoms with Crippen LogP contribution in [0.3, 0.4) is 0 Å². The molecule has 0 heterocycles. The highest BCUT2D eigenvalue weighted by Crippen LogP contribution is 2.19. The Morgan fingerprint density at radius 3 is 0.773 bits per heavy atom. The summed E-state index contributed by atoms with van der Waals surface area (Å²) in [6, 6.07) is -0.645. The molecule has 3 N–H and O–H groups in total. The summed E-state index contributed by atoms with van der Waals surface area (Å²) in [7, 11) is 0. The fraction of sp³-hybridized carbons (Fsp3) is 0.901. The van der Waals surface area contributed by atoms with Gasteiger partial charge in [0.25, 0.3) is 0 Å². The minimum atomic E-state index is -0.870. The number of unbranched alkanes of at least 4 members (excludes halogenated alkanes) is 54. The van der Waals surface area contributed by atoms with Crippen molar-refractivity contribution in [3.05, 3.63) is 36.5 Å². The second kappa shape index (κ2) is 66.9. The number of hydrogen-bond acceptors (Lipinski definition) is 3. The van der Waals surface area contributed by atoms with Gasteiger partial charge in [-0.3, -0.25) is 4.79 Å². The molecule has 0 fully saturated rings. The van der Waals surface area contributed by atoms with Crippen LogP contribution in [0.2, 0.25) is 0 Å². The normalized spacial score (nSPS) is 12.9. The molecule has 2 atom stereocenters. The summed E-state index contributed by atoms with van der Waals surface area (Å²) in [5.74, 6) is -0.0696. The van der Waals surface area contributed by atoms with E-state index in [0.29, 0.717) is 6.42 Å². The average Bonchev–Trinajstić information content (AvgIpc) is 3.41. The smallest absolute Gasteiger partial charge is 0.220 e. The number of carbonyl (C=O) groups is 1. The van der Waals surface area contributed by atoms with Crippen LogP contribution in [0.1, 0.15) is 393 Å². The maximum Gasteiger partial charge on any atom is 0.220 e. The lowest BCUT2D eigenvalue weighted by molar-refractivity contribution is -0.123. The first-order chi connectivity index (χ1) is 37.2. The van der Waals surface area contributed by atoms with Gasteiger partial charge in [-0.1, -0.05) is 378 Å². The van der Waals surface area contributed by atoms with E-state index in [-0.39, 0.29) is 12.5 Å². The molecular weight excluding hydrogens is 915 g/mol. The van der Waals surface area contributed by atoms with Crippen molar-refractivity contribution in [1.29, 1.82) is 0 Å². The number of hydrogen-bond donors (Lipinski definition) is 3. The monoisotopic (exact) mass is 1050 g/mol. The molecule has 0 bridgehead atoms. The predicted molar refractivity (Wildman–Crippen MR) is 336 cm³/mol. The topological polar surface area (TPSA) is 69.6 Å². The van der Waals surface area contributed by atoms with E-state index in [4.69, 9.17) is 0 Å². The van der Waals surface area contributed by atoms with Crippen LogP contribution >= 0.6 is 0 Å². The van der Waals surface area contributed by atoms with Gasteiger partial charge in [0.15, 0.2) is 0 Å². The summed E-state index contributed by atoms with van der Waals surface area (Å²) in [6.45, 7) is 4.35. The van der Waals surface area contributed by atoms with Crippen molar-refractivity contribution >= 4 is 5.91 Å². The second-order valence-corrected chi connectivity index (χ2v) is 23.9. The van der Waals surface area contributed by atoms with Gasteiger partial charge in [-0.05, 0) is 44.9 Å². The van der Waals surface area contributed by atoms with Gasteiger partial charge in [-0.25, -0.2) is 0 Å². The van der Waals surface area contributed by atoms with E-state index >= 15 is 0 Å². The molecule has 4 nitrogen and oxygen atoms in total. The Labute approximate surface area is 472 Å². The summed E-state index contributed by atoms with van der Waals surface area (Å²) in [5, 5.41) is 23.3. The number of rotatable bonds is 65. The van der Waals surface area contributed by atoms with Crippen LogP contribution in [0.5, 0.6) is 0 Å². The van der Waals surface area contributed by atoms with Crippen molar-refractivity contribution in [3.8, 4) is 0 Å². The first-order valence-corrected chi connectivity index (χ1v) is 34.7. The summed E-state index contributed by atoms with van der Waals surface area (Å²) in [4.78, 5) is 12.5. The highest BCUT2D eigenvalue weighted by atomic mass is 16.3. The lowest BCUT2D eigenvalue weighted by atomic mass is 10.0. The Balaban J connectivity index is 3.46.